The molecule has 0 heterocycles. The first-order valence-corrected chi connectivity index (χ1v) is 44.9. The molecule has 6 atom stereocenters. The van der Waals surface area contributed by atoms with Gasteiger partial charge in [0.1, 0.15) is 0 Å². The second kappa shape index (κ2) is 18.7. The van der Waals surface area contributed by atoms with Crippen LogP contribution in [0.5, 0.6) is 0 Å². The summed E-state index contributed by atoms with van der Waals surface area (Å²) in [5.41, 5.74) is 12.2. The van der Waals surface area contributed by atoms with Crippen LogP contribution in [0.2, 0.25) is 13.1 Å². The van der Waals surface area contributed by atoms with Crippen molar-refractivity contribution in [3.05, 3.63) is 227 Å². The average Bonchev–Trinajstić information content (AvgIpc) is 4.06. The molecule has 0 N–H and O–H groups in total. The standard InChI is InChI=1S/4C9H7.2C7H9Si.2ClH.2Hf/c4*1-2-5-9-7-3-6-8(9)4-1;2*1-8-7-5-3-2-4-6-7;;;;/h4*1-7H;2*2-6,8H,1H3;2*1H;;/q;;;;;;;;2*+1/p-2. The molecule has 0 aliphatic heterocycles. The largest absolute Gasteiger partial charge is 1.00 e. The van der Waals surface area contributed by atoms with E-state index in [4.69, 9.17) is 0 Å². The summed E-state index contributed by atoms with van der Waals surface area (Å²) in [4.78, 5) is 0. The van der Waals surface area contributed by atoms with Crippen LogP contribution in [0.15, 0.2) is 182 Å². The maximum atomic E-state index is 2.64. The Bertz CT molecular complexity index is 2100. The molecule has 6 unspecified atom stereocenters. The number of fused-ring (bicyclic) bond motifs is 4. The molecule has 6 heteroatoms. The molecular weight excluding hydrogens is 1080 g/mol. The quantitative estimate of drug-likeness (QED) is 0.192. The van der Waals surface area contributed by atoms with Crippen LogP contribution >= 0.6 is 0 Å². The van der Waals surface area contributed by atoms with Crippen LogP contribution in [0.25, 0.3) is 24.3 Å². The second-order valence-corrected chi connectivity index (χ2v) is 65.1. The number of halogens is 2. The van der Waals surface area contributed by atoms with E-state index in [0.717, 1.165) is 0 Å². The van der Waals surface area contributed by atoms with Crippen molar-refractivity contribution in [2.45, 2.75) is 27.8 Å². The fraction of sp³-hybridized carbons (Fsp3) is 0.120. The molecule has 56 heavy (non-hydrogen) atoms. The van der Waals surface area contributed by atoms with Crippen LogP contribution in [0.1, 0.15) is 59.2 Å². The smallest absolute Gasteiger partial charge is 1.00 e. The van der Waals surface area contributed by atoms with Gasteiger partial charge < -0.3 is 24.8 Å². The maximum absolute atomic E-state index is 2.64. The van der Waals surface area contributed by atoms with Crippen molar-refractivity contribution in [2.24, 2.45) is 0 Å². The van der Waals surface area contributed by atoms with Crippen molar-refractivity contribution in [1.82, 2.24) is 0 Å². The van der Waals surface area contributed by atoms with Gasteiger partial charge in [-0.15, -0.1) is 0 Å². The van der Waals surface area contributed by atoms with E-state index in [2.05, 4.69) is 219 Å². The fourth-order valence-electron chi connectivity index (χ4n) is 9.49. The van der Waals surface area contributed by atoms with Gasteiger partial charge in [-0.25, -0.2) is 0 Å². The van der Waals surface area contributed by atoms with E-state index in [1.807, 2.05) is 0 Å². The van der Waals surface area contributed by atoms with Crippen molar-refractivity contribution < 1.29 is 66.0 Å². The van der Waals surface area contributed by atoms with Gasteiger partial charge in [-0.1, -0.05) is 0 Å². The fourth-order valence-corrected chi connectivity index (χ4v) is 75.5. The van der Waals surface area contributed by atoms with Crippen LogP contribution in [0, 0.1) is 0 Å². The predicted octanol–water partition coefficient (Wildman–Crippen LogP) is 4.81. The Balaban J connectivity index is 0.000000166. The summed E-state index contributed by atoms with van der Waals surface area (Å²) in [7, 11) is 0. The van der Waals surface area contributed by atoms with Gasteiger partial charge in [-0.3, -0.25) is 0 Å². The summed E-state index contributed by atoms with van der Waals surface area (Å²) in [5, 5.41) is 3.32. The van der Waals surface area contributed by atoms with Gasteiger partial charge in [0.25, 0.3) is 0 Å². The molecule has 0 nitrogen and oxygen atoms in total. The molecule has 0 spiro atoms. The third-order valence-electron chi connectivity index (χ3n) is 12.2. The molecule has 0 amide bonds. The van der Waals surface area contributed by atoms with Crippen molar-refractivity contribution in [3.63, 3.8) is 0 Å². The molecule has 4 aliphatic rings. The molecule has 0 aromatic heterocycles. The monoisotopic (exact) mass is 1130 g/mol. The molecule has 6 aromatic carbocycles. The number of allylic oxidation sites excluding steroid dienone is 4. The first kappa shape index (κ1) is 41.2. The Hall–Kier alpha value is -2.97. The zero-order valence-electron chi connectivity index (χ0n) is 31.8. The van der Waals surface area contributed by atoms with Gasteiger partial charge >= 0.3 is 342 Å². The minimum Gasteiger partial charge on any atom is -1.00 e. The first-order valence-electron chi connectivity index (χ1n) is 19.6. The van der Waals surface area contributed by atoms with Crippen molar-refractivity contribution >= 4 is 46.6 Å². The summed E-state index contributed by atoms with van der Waals surface area (Å²) in [6.45, 7) is 5.28. The molecule has 0 saturated carbocycles. The minimum atomic E-state index is -2.13. The Morgan fingerprint density at radius 2 is 0.554 bits per heavy atom. The topological polar surface area (TPSA) is 0 Å². The Morgan fingerprint density at radius 3 is 0.821 bits per heavy atom. The summed E-state index contributed by atoms with van der Waals surface area (Å²) in [6.07, 6.45) is 19.8. The Kier molecular flexibility index (Phi) is 13.8. The Morgan fingerprint density at radius 1 is 0.321 bits per heavy atom. The van der Waals surface area contributed by atoms with E-state index < -0.39 is 53.2 Å². The van der Waals surface area contributed by atoms with Crippen LogP contribution in [0.4, 0.5) is 0 Å². The molecule has 0 fully saturated rings. The predicted molar refractivity (Wildman–Crippen MR) is 231 cm³/mol. The van der Waals surface area contributed by atoms with Crippen molar-refractivity contribution in [3.8, 4) is 0 Å². The normalized spacial score (nSPS) is 19.6. The van der Waals surface area contributed by atoms with Gasteiger partial charge in [0, 0.05) is 0 Å². The number of rotatable bonds is 8. The van der Waals surface area contributed by atoms with Gasteiger partial charge in [0.2, 0.25) is 0 Å². The number of hydrogen-bond acceptors (Lipinski definition) is 0. The number of hydrogen-bond donors (Lipinski definition) is 0. The van der Waals surface area contributed by atoms with E-state index in [-0.39, 0.29) is 24.8 Å². The molecule has 276 valence electrons. The van der Waals surface area contributed by atoms with Gasteiger partial charge in [0.15, 0.2) is 0 Å². The summed E-state index contributed by atoms with van der Waals surface area (Å²) < 4.78 is 2.87. The van der Waals surface area contributed by atoms with Gasteiger partial charge in [-0.05, 0) is 0 Å². The van der Waals surface area contributed by atoms with Crippen LogP contribution < -0.4 is 35.2 Å². The average molecular weight is 1130 g/mol. The van der Waals surface area contributed by atoms with Crippen molar-refractivity contribution in [2.75, 3.05) is 0 Å². The zero-order valence-corrected chi connectivity index (χ0v) is 42.9. The van der Waals surface area contributed by atoms with Crippen LogP contribution in [-0.4, -0.2) is 12.0 Å². The second-order valence-electron chi connectivity index (χ2n) is 15.1. The molecule has 4 aliphatic carbocycles. The van der Waals surface area contributed by atoms with Gasteiger partial charge in [-0.2, -0.15) is 0 Å². The van der Waals surface area contributed by atoms with E-state index in [9.17, 15) is 0 Å². The van der Waals surface area contributed by atoms with E-state index in [1.165, 1.54) is 22.3 Å². The maximum Gasteiger partial charge on any atom is -1.00 e. The molecular formula is C50H46Cl2Hf2Si2. The SMILES string of the molecule is C[SiH](c1ccccc1)[Hf+]([CH]1C=Cc2ccccc21)[CH]1C=Cc2ccccc21.C[SiH](c1ccccc1)[Hf+]([CH]1C=Cc2ccccc21)[CH]1C=Cc2ccccc21.[Cl-].[Cl-]. The zero-order chi connectivity index (χ0) is 36.4. The van der Waals surface area contributed by atoms with E-state index in [0.29, 0.717) is 14.7 Å². The third-order valence-corrected chi connectivity index (χ3v) is 75.1. The molecule has 10 rings (SSSR count). The first-order chi connectivity index (χ1) is 26.7. The van der Waals surface area contributed by atoms with E-state index in [1.54, 1.807) is 32.6 Å². The van der Waals surface area contributed by atoms with Crippen LogP contribution in [-0.2, 0) is 41.2 Å². The Labute approximate surface area is 363 Å². The van der Waals surface area contributed by atoms with Crippen LogP contribution in [0.3, 0.4) is 0 Å². The molecule has 0 radical (unpaired) electrons. The summed E-state index contributed by atoms with van der Waals surface area (Å²) >= 11 is -4.26. The molecule has 0 bridgehead atoms. The summed E-state index contributed by atoms with van der Waals surface area (Å²) in [5.74, 6) is -1.98. The molecule has 6 aromatic rings. The summed E-state index contributed by atoms with van der Waals surface area (Å²) in [6, 6.07) is 59.2. The molecule has 0 saturated heterocycles. The van der Waals surface area contributed by atoms with Crippen molar-refractivity contribution in [1.29, 1.82) is 0 Å². The minimum absolute atomic E-state index is 0. The number of benzene rings is 6. The van der Waals surface area contributed by atoms with E-state index >= 15 is 0 Å². The third kappa shape index (κ3) is 8.17. The van der Waals surface area contributed by atoms with Gasteiger partial charge in [0.05, 0.1) is 0 Å².